The summed E-state index contributed by atoms with van der Waals surface area (Å²) in [5, 5.41) is 0. The Hall–Kier alpha value is -1.15. The predicted octanol–water partition coefficient (Wildman–Crippen LogP) is 1.85. The first-order chi connectivity index (χ1) is 9.63. The van der Waals surface area contributed by atoms with Crippen molar-refractivity contribution in [2.24, 2.45) is 0 Å². The third-order valence-corrected chi connectivity index (χ3v) is 4.47. The first-order valence-electron chi connectivity index (χ1n) is 6.54. The van der Waals surface area contributed by atoms with Crippen LogP contribution in [0.4, 0.5) is 5.69 Å². The van der Waals surface area contributed by atoms with Gasteiger partial charge in [0.15, 0.2) is 0 Å². The minimum Gasteiger partial charge on any atom is -0.364 e. The van der Waals surface area contributed by atoms with E-state index in [2.05, 4.69) is 22.6 Å². The quantitative estimate of drug-likeness (QED) is 0.730. The van der Waals surface area contributed by atoms with Crippen LogP contribution in [0, 0.1) is 3.57 Å². The SMILES string of the molecule is COCN1C(=O)[C@@H]2CCCN2C(=O)c2cc(I)ccc21. The Morgan fingerprint density at radius 2 is 2.20 bits per heavy atom. The number of anilines is 1. The van der Waals surface area contributed by atoms with Gasteiger partial charge >= 0.3 is 0 Å². The van der Waals surface area contributed by atoms with E-state index in [0.717, 1.165) is 16.4 Å². The van der Waals surface area contributed by atoms with Gasteiger partial charge in [-0.05, 0) is 53.6 Å². The van der Waals surface area contributed by atoms with Crippen molar-refractivity contribution in [1.29, 1.82) is 0 Å². The van der Waals surface area contributed by atoms with Gasteiger partial charge in [-0.1, -0.05) is 0 Å². The molecule has 2 aliphatic rings. The lowest BCUT2D eigenvalue weighted by Crippen LogP contribution is -2.45. The maximum Gasteiger partial charge on any atom is 0.256 e. The molecular formula is C14H15IN2O3. The Bertz CT molecular complexity index is 576. The van der Waals surface area contributed by atoms with Crippen molar-refractivity contribution < 1.29 is 14.3 Å². The number of amides is 2. The summed E-state index contributed by atoms with van der Waals surface area (Å²) in [6, 6.07) is 5.23. The molecule has 0 saturated carbocycles. The van der Waals surface area contributed by atoms with Gasteiger partial charge in [-0.2, -0.15) is 0 Å². The van der Waals surface area contributed by atoms with Gasteiger partial charge in [0.2, 0.25) is 0 Å². The highest BCUT2D eigenvalue weighted by Crippen LogP contribution is 2.33. The second-order valence-electron chi connectivity index (χ2n) is 5.00. The molecule has 0 radical (unpaired) electrons. The van der Waals surface area contributed by atoms with Crippen LogP contribution in [-0.4, -0.2) is 43.1 Å². The Balaban J connectivity index is 2.15. The van der Waals surface area contributed by atoms with E-state index in [4.69, 9.17) is 4.74 Å². The molecule has 0 aliphatic carbocycles. The number of nitrogens with zero attached hydrogens (tertiary/aromatic N) is 2. The van der Waals surface area contributed by atoms with Crippen molar-refractivity contribution in [1.82, 2.24) is 4.90 Å². The van der Waals surface area contributed by atoms with Crippen LogP contribution in [-0.2, 0) is 9.53 Å². The first kappa shape index (κ1) is 13.8. The van der Waals surface area contributed by atoms with Gasteiger partial charge in [-0.25, -0.2) is 0 Å². The molecule has 3 rings (SSSR count). The molecule has 5 nitrogen and oxygen atoms in total. The van der Waals surface area contributed by atoms with Crippen LogP contribution in [0.15, 0.2) is 18.2 Å². The van der Waals surface area contributed by atoms with Crippen molar-refractivity contribution in [3.63, 3.8) is 0 Å². The van der Waals surface area contributed by atoms with Crippen LogP contribution in [0.1, 0.15) is 23.2 Å². The highest BCUT2D eigenvalue weighted by molar-refractivity contribution is 14.1. The topological polar surface area (TPSA) is 49.9 Å². The van der Waals surface area contributed by atoms with Crippen molar-refractivity contribution in [3.05, 3.63) is 27.3 Å². The number of fused-ring (bicyclic) bond motifs is 2. The van der Waals surface area contributed by atoms with E-state index >= 15 is 0 Å². The van der Waals surface area contributed by atoms with E-state index in [0.29, 0.717) is 17.8 Å². The minimum atomic E-state index is -0.345. The fourth-order valence-corrected chi connectivity index (χ4v) is 3.39. The lowest BCUT2D eigenvalue weighted by molar-refractivity contribution is -0.123. The number of hydrogen-bond acceptors (Lipinski definition) is 3. The van der Waals surface area contributed by atoms with Crippen LogP contribution in [0.25, 0.3) is 0 Å². The molecule has 0 unspecified atom stereocenters. The van der Waals surface area contributed by atoms with E-state index in [9.17, 15) is 9.59 Å². The van der Waals surface area contributed by atoms with Crippen molar-refractivity contribution in [2.75, 3.05) is 25.3 Å². The molecule has 1 fully saturated rings. The molecule has 0 N–H and O–H groups in total. The molecule has 2 heterocycles. The van der Waals surface area contributed by atoms with Crippen molar-refractivity contribution in [2.45, 2.75) is 18.9 Å². The van der Waals surface area contributed by atoms with Gasteiger partial charge in [-0.3, -0.25) is 14.5 Å². The number of ether oxygens (including phenoxy) is 1. The number of hydrogen-bond donors (Lipinski definition) is 0. The van der Waals surface area contributed by atoms with E-state index in [-0.39, 0.29) is 24.6 Å². The normalized spacial score (nSPS) is 21.8. The van der Waals surface area contributed by atoms with E-state index in [1.807, 2.05) is 18.2 Å². The summed E-state index contributed by atoms with van der Waals surface area (Å²) in [6.07, 6.45) is 1.61. The van der Waals surface area contributed by atoms with E-state index in [1.54, 1.807) is 16.9 Å². The van der Waals surface area contributed by atoms with Gasteiger partial charge in [0.05, 0.1) is 11.3 Å². The Morgan fingerprint density at radius 1 is 1.40 bits per heavy atom. The van der Waals surface area contributed by atoms with Crippen molar-refractivity contribution in [3.8, 4) is 0 Å². The summed E-state index contributed by atoms with van der Waals surface area (Å²) in [5.41, 5.74) is 1.24. The lowest BCUT2D eigenvalue weighted by Gasteiger charge is -2.25. The molecule has 2 aliphatic heterocycles. The standard InChI is InChI=1S/C14H15IN2O3/c1-20-8-17-11-5-4-9(15)7-10(11)13(18)16-6-2-3-12(16)14(17)19/h4-5,7,12H,2-3,6,8H2,1H3/t12-/m0/s1. The van der Waals surface area contributed by atoms with Crippen LogP contribution < -0.4 is 4.90 Å². The van der Waals surface area contributed by atoms with Gasteiger partial charge < -0.3 is 9.64 Å². The maximum absolute atomic E-state index is 12.7. The van der Waals surface area contributed by atoms with Crippen LogP contribution in [0.3, 0.4) is 0 Å². The molecule has 20 heavy (non-hydrogen) atoms. The fourth-order valence-electron chi connectivity index (χ4n) is 2.90. The zero-order valence-corrected chi connectivity index (χ0v) is 13.3. The number of halogens is 1. The summed E-state index contributed by atoms with van der Waals surface area (Å²) < 4.78 is 6.13. The molecule has 106 valence electrons. The fraction of sp³-hybridized carbons (Fsp3) is 0.429. The summed E-state index contributed by atoms with van der Waals surface area (Å²) in [5.74, 6) is -0.0920. The predicted molar refractivity (Wildman–Crippen MR) is 82.6 cm³/mol. The molecule has 1 saturated heterocycles. The monoisotopic (exact) mass is 386 g/mol. The number of carbonyl (C=O) groups is 2. The Labute approximate surface area is 131 Å². The Morgan fingerprint density at radius 3 is 2.95 bits per heavy atom. The maximum atomic E-state index is 12.7. The average molecular weight is 386 g/mol. The molecule has 1 aromatic carbocycles. The zero-order chi connectivity index (χ0) is 14.3. The third kappa shape index (κ3) is 2.10. The highest BCUT2D eigenvalue weighted by Gasteiger charge is 2.41. The molecule has 0 bridgehead atoms. The van der Waals surface area contributed by atoms with E-state index in [1.165, 1.54) is 0 Å². The number of benzene rings is 1. The molecule has 6 heteroatoms. The molecule has 1 atom stereocenters. The molecule has 0 spiro atoms. The largest absolute Gasteiger partial charge is 0.364 e. The molecule has 1 aromatic rings. The van der Waals surface area contributed by atoms with Crippen LogP contribution in [0.5, 0.6) is 0 Å². The number of methoxy groups -OCH3 is 1. The Kier molecular flexibility index (Phi) is 3.68. The minimum absolute atomic E-state index is 0.0438. The molecular weight excluding hydrogens is 371 g/mol. The average Bonchev–Trinajstić information content (AvgIpc) is 2.90. The highest BCUT2D eigenvalue weighted by atomic mass is 127. The molecule has 0 aromatic heterocycles. The molecule has 2 amide bonds. The van der Waals surface area contributed by atoms with Gasteiger partial charge in [0.1, 0.15) is 12.8 Å². The third-order valence-electron chi connectivity index (χ3n) is 3.80. The van der Waals surface area contributed by atoms with Crippen LogP contribution in [0.2, 0.25) is 0 Å². The second kappa shape index (κ2) is 5.33. The van der Waals surface area contributed by atoms with Gasteiger partial charge in [-0.15, -0.1) is 0 Å². The number of rotatable bonds is 2. The van der Waals surface area contributed by atoms with E-state index < -0.39 is 0 Å². The zero-order valence-electron chi connectivity index (χ0n) is 11.1. The second-order valence-corrected chi connectivity index (χ2v) is 6.25. The summed E-state index contributed by atoms with van der Waals surface area (Å²) in [6.45, 7) is 0.824. The lowest BCUT2D eigenvalue weighted by atomic mass is 10.1. The summed E-state index contributed by atoms with van der Waals surface area (Å²) in [4.78, 5) is 28.6. The van der Waals surface area contributed by atoms with Crippen molar-refractivity contribution >= 4 is 40.1 Å². The van der Waals surface area contributed by atoms with Crippen LogP contribution >= 0.6 is 22.6 Å². The first-order valence-corrected chi connectivity index (χ1v) is 7.62. The van der Waals surface area contributed by atoms with Gasteiger partial charge in [0.25, 0.3) is 11.8 Å². The number of carbonyl (C=O) groups excluding carboxylic acids is 2. The smallest absolute Gasteiger partial charge is 0.256 e. The van der Waals surface area contributed by atoms with Gasteiger partial charge in [0, 0.05) is 17.2 Å². The summed E-state index contributed by atoms with van der Waals surface area (Å²) in [7, 11) is 1.55. The summed E-state index contributed by atoms with van der Waals surface area (Å²) >= 11 is 2.18.